The SMILES string of the molecule is O=C(OCCC(F)(F)C(F)(F)S(=O)(=O)[O-])c1cc(I)cc(I)c1I. The summed E-state index contributed by atoms with van der Waals surface area (Å²) in [5.41, 5.74) is 0.0541. The predicted molar refractivity (Wildman–Crippen MR) is 99.1 cm³/mol. The lowest BCUT2D eigenvalue weighted by Gasteiger charge is -2.28. The summed E-state index contributed by atoms with van der Waals surface area (Å²) in [7, 11) is -6.56. The quantitative estimate of drug-likeness (QED) is 0.148. The fraction of sp³-hybridized carbons (Fsp3) is 0.364. The summed E-state index contributed by atoms with van der Waals surface area (Å²) in [6.07, 6.45) is -1.81. The molecule has 13 heteroatoms. The van der Waals surface area contributed by atoms with Crippen molar-refractivity contribution in [3.63, 3.8) is 0 Å². The van der Waals surface area contributed by atoms with Crippen LogP contribution >= 0.6 is 67.8 Å². The van der Waals surface area contributed by atoms with E-state index < -0.39 is 40.3 Å². The van der Waals surface area contributed by atoms with Crippen LogP contribution in [0.4, 0.5) is 17.6 Å². The first-order valence-electron chi connectivity index (χ1n) is 5.73. The molecule has 0 spiro atoms. The molecule has 0 radical (unpaired) electrons. The summed E-state index contributed by atoms with van der Waals surface area (Å²) < 4.78 is 89.4. The molecule has 0 aliphatic carbocycles. The smallest absolute Gasteiger partial charge is 0.396 e. The molecule has 0 atom stereocenters. The minimum Gasteiger partial charge on any atom is -0.743 e. The molecule has 0 heterocycles. The molecule has 0 saturated carbocycles. The Morgan fingerprint density at radius 2 is 1.71 bits per heavy atom. The first kappa shape index (κ1) is 22.6. The molecular formula is C11H6F4I3O5S-. The zero-order valence-electron chi connectivity index (χ0n) is 11.2. The van der Waals surface area contributed by atoms with E-state index in [0.29, 0.717) is 10.7 Å². The normalized spacial score (nSPS) is 13.0. The summed E-state index contributed by atoms with van der Waals surface area (Å²) >= 11 is 5.68. The first-order valence-corrected chi connectivity index (χ1v) is 10.4. The van der Waals surface area contributed by atoms with Crippen LogP contribution in [-0.4, -0.2) is 36.7 Å². The second-order valence-corrected chi connectivity index (χ2v) is 9.22. The van der Waals surface area contributed by atoms with Gasteiger partial charge in [-0.1, -0.05) is 0 Å². The molecule has 5 nitrogen and oxygen atoms in total. The van der Waals surface area contributed by atoms with E-state index in [2.05, 4.69) is 4.74 Å². The van der Waals surface area contributed by atoms with Gasteiger partial charge in [0.05, 0.1) is 18.6 Å². The monoisotopic (exact) mass is 707 g/mol. The average Bonchev–Trinajstić information content (AvgIpc) is 2.40. The fourth-order valence-electron chi connectivity index (χ4n) is 1.38. The van der Waals surface area contributed by atoms with Gasteiger partial charge in [0.25, 0.3) is 0 Å². The lowest BCUT2D eigenvalue weighted by molar-refractivity contribution is -0.168. The summed E-state index contributed by atoms with van der Waals surface area (Å²) in [4.78, 5) is 11.9. The van der Waals surface area contributed by atoms with Crippen molar-refractivity contribution in [2.75, 3.05) is 6.61 Å². The predicted octanol–water partition coefficient (Wildman–Crippen LogP) is 3.82. The van der Waals surface area contributed by atoms with Gasteiger partial charge in [0.1, 0.15) is 0 Å². The Morgan fingerprint density at radius 3 is 2.21 bits per heavy atom. The summed E-state index contributed by atoms with van der Waals surface area (Å²) in [6, 6.07) is 3.16. The van der Waals surface area contributed by atoms with Crippen molar-refractivity contribution in [2.45, 2.75) is 17.6 Å². The highest BCUT2D eigenvalue weighted by molar-refractivity contribution is 14.1. The van der Waals surface area contributed by atoms with Gasteiger partial charge in [-0.05, 0) is 79.9 Å². The molecule has 0 bridgehead atoms. The molecule has 0 aliphatic rings. The van der Waals surface area contributed by atoms with Gasteiger partial charge in [-0.2, -0.15) is 17.6 Å². The number of ether oxygens (including phenoxy) is 1. The van der Waals surface area contributed by atoms with Crippen LogP contribution < -0.4 is 0 Å². The molecule has 0 unspecified atom stereocenters. The summed E-state index contributed by atoms with van der Waals surface area (Å²) in [6.45, 7) is -1.19. The van der Waals surface area contributed by atoms with Gasteiger partial charge in [0.2, 0.25) is 0 Å². The van der Waals surface area contributed by atoms with Gasteiger partial charge in [-0.25, -0.2) is 13.2 Å². The molecule has 1 aromatic carbocycles. The third kappa shape index (κ3) is 5.03. The van der Waals surface area contributed by atoms with E-state index in [-0.39, 0.29) is 5.56 Å². The molecule has 0 saturated heterocycles. The number of alkyl halides is 4. The largest absolute Gasteiger partial charge is 0.743 e. The molecule has 24 heavy (non-hydrogen) atoms. The third-order valence-electron chi connectivity index (χ3n) is 2.60. The summed E-state index contributed by atoms with van der Waals surface area (Å²) in [5, 5.41) is -5.79. The number of esters is 1. The van der Waals surface area contributed by atoms with Crippen molar-refractivity contribution >= 4 is 83.9 Å². The first-order chi connectivity index (χ1) is 10.7. The maximum atomic E-state index is 13.2. The Hall–Kier alpha value is 0.510. The van der Waals surface area contributed by atoms with Gasteiger partial charge >= 0.3 is 17.1 Å². The van der Waals surface area contributed by atoms with Crippen molar-refractivity contribution in [3.8, 4) is 0 Å². The van der Waals surface area contributed by atoms with Gasteiger partial charge < -0.3 is 9.29 Å². The Morgan fingerprint density at radius 1 is 1.17 bits per heavy atom. The number of benzene rings is 1. The van der Waals surface area contributed by atoms with E-state index >= 15 is 0 Å². The highest BCUT2D eigenvalue weighted by atomic mass is 127. The fourth-order valence-corrected chi connectivity index (χ4v) is 4.23. The van der Waals surface area contributed by atoms with Crippen molar-refractivity contribution in [2.24, 2.45) is 0 Å². The molecule has 1 aromatic rings. The van der Waals surface area contributed by atoms with Gasteiger partial charge in [-0.15, -0.1) is 0 Å². The Balaban J connectivity index is 2.83. The van der Waals surface area contributed by atoms with Gasteiger partial charge in [0.15, 0.2) is 10.1 Å². The van der Waals surface area contributed by atoms with Crippen LogP contribution in [0.15, 0.2) is 12.1 Å². The van der Waals surface area contributed by atoms with E-state index in [1.54, 1.807) is 6.07 Å². The van der Waals surface area contributed by atoms with E-state index in [4.69, 9.17) is 0 Å². The van der Waals surface area contributed by atoms with E-state index in [1.165, 1.54) is 6.07 Å². The number of halogens is 7. The van der Waals surface area contributed by atoms with E-state index in [9.17, 15) is 35.3 Å². The van der Waals surface area contributed by atoms with Crippen molar-refractivity contribution in [3.05, 3.63) is 28.4 Å². The molecule has 0 aromatic heterocycles. The maximum Gasteiger partial charge on any atom is 0.396 e. The number of carbonyl (C=O) groups excluding carboxylic acids is 1. The minimum absolute atomic E-state index is 0.0541. The highest BCUT2D eigenvalue weighted by Gasteiger charge is 2.61. The van der Waals surface area contributed by atoms with Crippen molar-refractivity contribution in [1.29, 1.82) is 0 Å². The standard InChI is InChI=1S/C11H7F4I3O5S/c12-10(13,11(14,15)24(20,21)22)1-2-23-9(19)6-3-5(16)4-7(17)8(6)18/h3-4H,1-2H2,(H,20,21,22)/p-1. The molecule has 0 N–H and O–H groups in total. The molecular weight excluding hydrogens is 701 g/mol. The van der Waals surface area contributed by atoms with Gasteiger partial charge in [-0.3, -0.25) is 0 Å². The van der Waals surface area contributed by atoms with Crippen LogP contribution in [0.3, 0.4) is 0 Å². The molecule has 1 rings (SSSR count). The highest BCUT2D eigenvalue weighted by Crippen LogP contribution is 2.40. The summed E-state index contributed by atoms with van der Waals surface area (Å²) in [5.74, 6) is -6.19. The number of rotatable bonds is 6. The van der Waals surface area contributed by atoms with Crippen molar-refractivity contribution < 1.29 is 40.1 Å². The lowest BCUT2D eigenvalue weighted by Crippen LogP contribution is -2.47. The van der Waals surface area contributed by atoms with Crippen LogP contribution in [0, 0.1) is 10.7 Å². The maximum absolute atomic E-state index is 13.2. The zero-order chi connectivity index (χ0) is 18.9. The van der Waals surface area contributed by atoms with Crippen LogP contribution in [0.5, 0.6) is 0 Å². The number of hydrogen-bond acceptors (Lipinski definition) is 5. The molecule has 0 aliphatic heterocycles. The van der Waals surface area contributed by atoms with E-state index in [1.807, 2.05) is 67.8 Å². The van der Waals surface area contributed by atoms with E-state index in [0.717, 1.165) is 0 Å². The number of hydrogen-bond donors (Lipinski definition) is 0. The topological polar surface area (TPSA) is 83.5 Å². The Bertz CT molecular complexity index is 754. The van der Waals surface area contributed by atoms with Gasteiger partial charge in [0, 0.05) is 10.7 Å². The molecule has 0 fully saturated rings. The Kier molecular flexibility index (Phi) is 7.55. The molecule has 136 valence electrons. The average molecular weight is 707 g/mol. The second-order valence-electron chi connectivity index (χ2n) is 4.31. The molecule has 0 amide bonds. The van der Waals surface area contributed by atoms with Crippen LogP contribution in [0.1, 0.15) is 16.8 Å². The Labute approximate surface area is 175 Å². The lowest BCUT2D eigenvalue weighted by atomic mass is 10.2. The number of carbonyl (C=O) groups is 1. The second kappa shape index (κ2) is 8.03. The minimum atomic E-state index is -6.56. The van der Waals surface area contributed by atoms with Crippen molar-refractivity contribution in [1.82, 2.24) is 0 Å². The van der Waals surface area contributed by atoms with Crippen LogP contribution in [0.2, 0.25) is 0 Å². The van der Waals surface area contributed by atoms with Crippen LogP contribution in [-0.2, 0) is 14.9 Å². The zero-order valence-corrected chi connectivity index (χ0v) is 18.5. The van der Waals surface area contributed by atoms with Crippen LogP contribution in [0.25, 0.3) is 0 Å². The third-order valence-corrected chi connectivity index (χ3v) is 7.20.